The van der Waals surface area contributed by atoms with Gasteiger partial charge in [0.2, 0.25) is 0 Å². The van der Waals surface area contributed by atoms with E-state index < -0.39 is 18.7 Å². The lowest BCUT2D eigenvalue weighted by Gasteiger charge is -2.24. The van der Waals surface area contributed by atoms with Gasteiger partial charge in [0.15, 0.2) is 0 Å². The number of carbonyl (C=O) groups is 1. The van der Waals surface area contributed by atoms with E-state index >= 15 is 0 Å². The molecule has 0 saturated heterocycles. The third-order valence-electron chi connectivity index (χ3n) is 2.82. The number of alkyl halides is 3. The van der Waals surface area contributed by atoms with Crippen molar-refractivity contribution >= 4 is 17.9 Å². The quantitative estimate of drug-likeness (QED) is 0.846. The zero-order valence-electron chi connectivity index (χ0n) is 10.5. The van der Waals surface area contributed by atoms with Crippen molar-refractivity contribution in [3.8, 4) is 0 Å². The minimum atomic E-state index is -4.27. The molecule has 1 heterocycles. The van der Waals surface area contributed by atoms with Crippen LogP contribution >= 0.6 is 0 Å². The van der Waals surface area contributed by atoms with Crippen LogP contribution in [-0.2, 0) is 4.79 Å². The maximum absolute atomic E-state index is 12.5. The summed E-state index contributed by atoms with van der Waals surface area (Å²) >= 11 is 0. The smallest absolute Gasteiger partial charge is 0.405 e. The highest BCUT2D eigenvalue weighted by molar-refractivity contribution is 5.85. The van der Waals surface area contributed by atoms with E-state index in [4.69, 9.17) is 5.11 Å². The number of carboxylic acid groups (broad SMARTS) is 1. The molecule has 0 unspecified atom stereocenters. The first-order chi connectivity index (χ1) is 9.35. The molecule has 2 rings (SSSR count). The minimum Gasteiger partial charge on any atom is -0.478 e. The summed E-state index contributed by atoms with van der Waals surface area (Å²) in [6.45, 7) is -1.02. The lowest BCUT2D eigenvalue weighted by atomic mass is 10.2. The lowest BCUT2D eigenvalue weighted by molar-refractivity contribution is -0.131. The van der Waals surface area contributed by atoms with Crippen molar-refractivity contribution in [2.45, 2.75) is 25.1 Å². The number of halogens is 3. The maximum atomic E-state index is 12.5. The van der Waals surface area contributed by atoms with Crippen LogP contribution in [0.4, 0.5) is 19.0 Å². The van der Waals surface area contributed by atoms with Crippen molar-refractivity contribution in [1.82, 2.24) is 4.98 Å². The topological polar surface area (TPSA) is 53.4 Å². The van der Waals surface area contributed by atoms with Gasteiger partial charge in [-0.25, -0.2) is 9.78 Å². The molecular weight excluding hydrogens is 273 g/mol. The van der Waals surface area contributed by atoms with E-state index in [1.807, 2.05) is 0 Å². The minimum absolute atomic E-state index is 0.107. The van der Waals surface area contributed by atoms with Crippen LogP contribution in [0.2, 0.25) is 0 Å². The second-order valence-electron chi connectivity index (χ2n) is 4.60. The van der Waals surface area contributed by atoms with Crippen molar-refractivity contribution in [2.24, 2.45) is 0 Å². The fourth-order valence-corrected chi connectivity index (χ4v) is 1.81. The van der Waals surface area contributed by atoms with Crippen molar-refractivity contribution < 1.29 is 23.1 Å². The van der Waals surface area contributed by atoms with Crippen LogP contribution in [0.5, 0.6) is 0 Å². The first-order valence-electron chi connectivity index (χ1n) is 6.05. The summed E-state index contributed by atoms with van der Waals surface area (Å²) in [5.41, 5.74) is 0.527. The SMILES string of the molecule is O=C(O)/C=C/c1ccc(N(CC(F)(F)F)C2CC2)nc1. The summed E-state index contributed by atoms with van der Waals surface area (Å²) in [6.07, 6.45) is 0.846. The Bertz CT molecular complexity index is 507. The fraction of sp³-hybridized carbons (Fsp3) is 0.385. The molecule has 1 saturated carbocycles. The first-order valence-corrected chi connectivity index (χ1v) is 6.05. The molecule has 1 N–H and O–H groups in total. The van der Waals surface area contributed by atoms with Gasteiger partial charge in [0.1, 0.15) is 12.4 Å². The molecule has 1 aromatic heterocycles. The number of anilines is 1. The summed E-state index contributed by atoms with van der Waals surface area (Å²) in [5.74, 6) is -0.831. The summed E-state index contributed by atoms with van der Waals surface area (Å²) in [6, 6.07) is 2.92. The highest BCUT2D eigenvalue weighted by Gasteiger charge is 2.38. The molecule has 0 radical (unpaired) electrons. The van der Waals surface area contributed by atoms with Crippen LogP contribution in [0.3, 0.4) is 0 Å². The molecule has 0 aromatic carbocycles. The largest absolute Gasteiger partial charge is 0.478 e. The Morgan fingerprint density at radius 3 is 2.60 bits per heavy atom. The normalized spacial score (nSPS) is 15.6. The average Bonchev–Trinajstić information content (AvgIpc) is 3.17. The number of pyridine rings is 1. The Balaban J connectivity index is 2.12. The molecule has 0 spiro atoms. The fourth-order valence-electron chi connectivity index (χ4n) is 1.81. The van der Waals surface area contributed by atoms with Crippen LogP contribution in [-0.4, -0.2) is 34.8 Å². The van der Waals surface area contributed by atoms with Gasteiger partial charge >= 0.3 is 12.1 Å². The van der Waals surface area contributed by atoms with Gasteiger partial charge in [-0.2, -0.15) is 13.2 Å². The zero-order chi connectivity index (χ0) is 14.8. The van der Waals surface area contributed by atoms with Crippen LogP contribution in [0.25, 0.3) is 6.08 Å². The van der Waals surface area contributed by atoms with Crippen LogP contribution in [0.15, 0.2) is 24.4 Å². The summed E-state index contributed by atoms with van der Waals surface area (Å²) in [5, 5.41) is 8.49. The van der Waals surface area contributed by atoms with Crippen LogP contribution in [0, 0.1) is 0 Å². The van der Waals surface area contributed by atoms with Gasteiger partial charge in [0.25, 0.3) is 0 Å². The van der Waals surface area contributed by atoms with E-state index in [-0.39, 0.29) is 11.9 Å². The van der Waals surface area contributed by atoms with E-state index in [2.05, 4.69) is 4.98 Å². The molecule has 0 bridgehead atoms. The number of rotatable bonds is 5. The Kier molecular flexibility index (Phi) is 3.96. The van der Waals surface area contributed by atoms with Gasteiger partial charge in [0, 0.05) is 18.3 Å². The molecule has 7 heteroatoms. The van der Waals surface area contributed by atoms with E-state index in [1.54, 1.807) is 6.07 Å². The van der Waals surface area contributed by atoms with Gasteiger partial charge < -0.3 is 10.0 Å². The van der Waals surface area contributed by atoms with Gasteiger partial charge in [-0.3, -0.25) is 0 Å². The van der Waals surface area contributed by atoms with Crippen molar-refractivity contribution in [3.05, 3.63) is 30.0 Å². The van der Waals surface area contributed by atoms with Crippen molar-refractivity contribution in [1.29, 1.82) is 0 Å². The monoisotopic (exact) mass is 286 g/mol. The number of carboxylic acids is 1. The van der Waals surface area contributed by atoms with E-state index in [0.29, 0.717) is 5.56 Å². The molecule has 0 aliphatic heterocycles. The zero-order valence-corrected chi connectivity index (χ0v) is 10.5. The highest BCUT2D eigenvalue weighted by atomic mass is 19.4. The van der Waals surface area contributed by atoms with E-state index in [0.717, 1.165) is 18.9 Å². The Morgan fingerprint density at radius 1 is 1.45 bits per heavy atom. The molecule has 0 amide bonds. The molecule has 0 atom stereocenters. The Labute approximate surface area is 113 Å². The summed E-state index contributed by atoms with van der Waals surface area (Å²) in [7, 11) is 0. The Morgan fingerprint density at radius 2 is 2.15 bits per heavy atom. The maximum Gasteiger partial charge on any atom is 0.405 e. The van der Waals surface area contributed by atoms with E-state index in [1.165, 1.54) is 23.2 Å². The van der Waals surface area contributed by atoms with E-state index in [9.17, 15) is 18.0 Å². The first kappa shape index (κ1) is 14.4. The second-order valence-corrected chi connectivity index (χ2v) is 4.60. The average molecular weight is 286 g/mol. The molecular formula is C13H13F3N2O2. The van der Waals surface area contributed by atoms with Crippen molar-refractivity contribution in [2.75, 3.05) is 11.4 Å². The van der Waals surface area contributed by atoms with Gasteiger partial charge in [-0.15, -0.1) is 0 Å². The number of hydrogen-bond acceptors (Lipinski definition) is 3. The lowest BCUT2D eigenvalue weighted by Crippen LogP contribution is -2.36. The highest BCUT2D eigenvalue weighted by Crippen LogP contribution is 2.33. The number of aromatic nitrogens is 1. The predicted molar refractivity (Wildman–Crippen MR) is 67.3 cm³/mol. The third kappa shape index (κ3) is 4.25. The van der Waals surface area contributed by atoms with Gasteiger partial charge in [-0.1, -0.05) is 0 Å². The molecule has 108 valence electrons. The predicted octanol–water partition coefficient (Wildman–Crippen LogP) is 2.71. The third-order valence-corrected chi connectivity index (χ3v) is 2.82. The molecule has 20 heavy (non-hydrogen) atoms. The summed E-state index contributed by atoms with van der Waals surface area (Å²) < 4.78 is 37.6. The molecule has 1 aliphatic rings. The van der Waals surface area contributed by atoms with Crippen LogP contribution in [0.1, 0.15) is 18.4 Å². The number of hydrogen-bond donors (Lipinski definition) is 1. The number of aliphatic carboxylic acids is 1. The molecule has 1 aromatic rings. The van der Waals surface area contributed by atoms with Crippen molar-refractivity contribution in [3.63, 3.8) is 0 Å². The molecule has 1 fully saturated rings. The van der Waals surface area contributed by atoms with Gasteiger partial charge in [-0.05, 0) is 36.6 Å². The molecule has 1 aliphatic carbocycles. The Hall–Kier alpha value is -2.05. The second kappa shape index (κ2) is 5.52. The standard InChI is InChI=1S/C13H13F3N2O2/c14-13(15,16)8-18(10-3-4-10)11-5-1-9(7-17-11)2-6-12(19)20/h1-2,5-7,10H,3-4,8H2,(H,19,20)/b6-2+. The molecule has 4 nitrogen and oxygen atoms in total. The number of nitrogens with zero attached hydrogens (tertiary/aromatic N) is 2. The van der Waals surface area contributed by atoms with Crippen LogP contribution < -0.4 is 4.90 Å². The summed E-state index contributed by atoms with van der Waals surface area (Å²) in [4.78, 5) is 15.6. The van der Waals surface area contributed by atoms with Gasteiger partial charge in [0.05, 0.1) is 0 Å².